The Bertz CT molecular complexity index is 441. The van der Waals surface area contributed by atoms with Crippen molar-refractivity contribution in [2.45, 2.75) is 46.8 Å². The van der Waals surface area contributed by atoms with Crippen molar-refractivity contribution < 1.29 is 17.9 Å². The average molecular weight is 351 g/mol. The zero-order valence-electron chi connectivity index (χ0n) is 15.5. The molecule has 1 aliphatic heterocycles. The lowest BCUT2D eigenvalue weighted by Gasteiger charge is -2.36. The number of ether oxygens (including phenoxy) is 2. The molecule has 0 aromatic rings. The van der Waals surface area contributed by atoms with Gasteiger partial charge in [0.2, 0.25) is 10.0 Å². The Morgan fingerprint density at radius 1 is 1.26 bits per heavy atom. The van der Waals surface area contributed by atoms with Gasteiger partial charge in [0.25, 0.3) is 0 Å². The van der Waals surface area contributed by atoms with Gasteiger partial charge in [0, 0.05) is 32.7 Å². The summed E-state index contributed by atoms with van der Waals surface area (Å²) in [6.07, 6.45) is 1.17. The number of morpholine rings is 1. The first kappa shape index (κ1) is 20.8. The summed E-state index contributed by atoms with van der Waals surface area (Å²) in [4.78, 5) is 2.29. The van der Waals surface area contributed by atoms with Crippen LogP contribution >= 0.6 is 0 Å². The molecule has 138 valence electrons. The van der Waals surface area contributed by atoms with Gasteiger partial charge in [0.15, 0.2) is 0 Å². The molecular weight excluding hydrogens is 316 g/mol. The van der Waals surface area contributed by atoms with Crippen molar-refractivity contribution in [1.29, 1.82) is 0 Å². The van der Waals surface area contributed by atoms with E-state index in [9.17, 15) is 8.42 Å². The lowest BCUT2D eigenvalue weighted by molar-refractivity contribution is -0.0796. The summed E-state index contributed by atoms with van der Waals surface area (Å²) in [6.45, 7) is 15.1. The molecule has 2 atom stereocenters. The SMILES string of the molecule is CCN(CC(CN1CCOCC1)OC(C)C(C)(C)C)S(C)(=O)=O. The van der Waals surface area contributed by atoms with Crippen molar-refractivity contribution >= 4 is 10.0 Å². The van der Waals surface area contributed by atoms with Crippen molar-refractivity contribution in [3.8, 4) is 0 Å². The largest absolute Gasteiger partial charge is 0.379 e. The highest BCUT2D eigenvalue weighted by Gasteiger charge is 2.28. The third-order valence-corrected chi connectivity index (χ3v) is 5.76. The average Bonchev–Trinajstić information content (AvgIpc) is 2.43. The van der Waals surface area contributed by atoms with Crippen LogP contribution in [0.15, 0.2) is 0 Å². The highest BCUT2D eigenvalue weighted by atomic mass is 32.2. The molecular formula is C16H34N2O4S. The Labute approximate surface area is 142 Å². The molecule has 0 N–H and O–H groups in total. The summed E-state index contributed by atoms with van der Waals surface area (Å²) in [5, 5.41) is 0. The molecule has 1 heterocycles. The van der Waals surface area contributed by atoms with Gasteiger partial charge in [-0.15, -0.1) is 0 Å². The first-order valence-electron chi connectivity index (χ1n) is 8.44. The zero-order valence-corrected chi connectivity index (χ0v) is 16.4. The fraction of sp³-hybridized carbons (Fsp3) is 1.00. The Kier molecular flexibility index (Phi) is 7.93. The molecule has 0 bridgehead atoms. The number of sulfonamides is 1. The van der Waals surface area contributed by atoms with Crippen LogP contribution in [0.5, 0.6) is 0 Å². The van der Waals surface area contributed by atoms with Crippen LogP contribution in [0.4, 0.5) is 0 Å². The summed E-state index contributed by atoms with van der Waals surface area (Å²) in [7, 11) is -3.21. The maximum atomic E-state index is 11.9. The predicted molar refractivity (Wildman–Crippen MR) is 93.1 cm³/mol. The smallest absolute Gasteiger partial charge is 0.211 e. The van der Waals surface area contributed by atoms with E-state index in [0.717, 1.165) is 32.8 Å². The molecule has 7 heteroatoms. The van der Waals surface area contributed by atoms with Crippen molar-refractivity contribution in [3.63, 3.8) is 0 Å². The molecule has 0 saturated carbocycles. The molecule has 23 heavy (non-hydrogen) atoms. The number of nitrogens with zero attached hydrogens (tertiary/aromatic N) is 2. The Balaban J connectivity index is 2.77. The van der Waals surface area contributed by atoms with Crippen LogP contribution in [0, 0.1) is 5.41 Å². The van der Waals surface area contributed by atoms with Gasteiger partial charge in [-0.2, -0.15) is 4.31 Å². The van der Waals surface area contributed by atoms with Crippen molar-refractivity contribution in [2.24, 2.45) is 5.41 Å². The third-order valence-electron chi connectivity index (χ3n) is 4.41. The van der Waals surface area contributed by atoms with Crippen molar-refractivity contribution in [1.82, 2.24) is 9.21 Å². The summed E-state index contributed by atoms with van der Waals surface area (Å²) in [5.41, 5.74) is 0.0192. The van der Waals surface area contributed by atoms with Crippen LogP contribution in [-0.4, -0.2) is 82.0 Å². The quantitative estimate of drug-likeness (QED) is 0.663. The fourth-order valence-electron chi connectivity index (χ4n) is 2.43. The molecule has 1 saturated heterocycles. The first-order chi connectivity index (χ1) is 10.5. The van der Waals surface area contributed by atoms with E-state index in [1.807, 2.05) is 6.92 Å². The zero-order chi connectivity index (χ0) is 17.7. The van der Waals surface area contributed by atoms with E-state index in [1.54, 1.807) is 0 Å². The van der Waals surface area contributed by atoms with E-state index in [2.05, 4.69) is 32.6 Å². The van der Waals surface area contributed by atoms with E-state index in [1.165, 1.54) is 10.6 Å². The lowest BCUT2D eigenvalue weighted by Crippen LogP contribution is -2.48. The van der Waals surface area contributed by atoms with Gasteiger partial charge in [-0.25, -0.2) is 8.42 Å². The molecule has 1 rings (SSSR count). The number of hydrogen-bond acceptors (Lipinski definition) is 5. The van der Waals surface area contributed by atoms with Crippen LogP contribution < -0.4 is 0 Å². The molecule has 0 aliphatic carbocycles. The summed E-state index contributed by atoms with van der Waals surface area (Å²) >= 11 is 0. The van der Waals surface area contributed by atoms with Crippen molar-refractivity contribution in [2.75, 3.05) is 52.2 Å². The monoisotopic (exact) mass is 350 g/mol. The van der Waals surface area contributed by atoms with E-state index < -0.39 is 10.0 Å². The minimum atomic E-state index is -3.21. The third kappa shape index (κ3) is 7.47. The van der Waals surface area contributed by atoms with Gasteiger partial charge >= 0.3 is 0 Å². The number of likely N-dealkylation sites (N-methyl/N-ethyl adjacent to an activating group) is 1. The van der Waals surface area contributed by atoms with Crippen LogP contribution in [0.3, 0.4) is 0 Å². The molecule has 1 aliphatic rings. The minimum Gasteiger partial charge on any atom is -0.379 e. The fourth-order valence-corrected chi connectivity index (χ4v) is 3.34. The maximum absolute atomic E-state index is 11.9. The molecule has 0 spiro atoms. The Morgan fingerprint density at radius 2 is 1.83 bits per heavy atom. The second-order valence-electron chi connectivity index (χ2n) is 7.39. The molecule has 0 radical (unpaired) electrons. The molecule has 2 unspecified atom stereocenters. The van der Waals surface area contributed by atoms with E-state index in [4.69, 9.17) is 9.47 Å². The number of rotatable bonds is 8. The summed E-state index contributed by atoms with van der Waals surface area (Å²) < 4.78 is 37.0. The maximum Gasteiger partial charge on any atom is 0.211 e. The van der Waals surface area contributed by atoms with Crippen LogP contribution in [0.1, 0.15) is 34.6 Å². The Morgan fingerprint density at radius 3 is 2.26 bits per heavy atom. The van der Waals surface area contributed by atoms with E-state index in [0.29, 0.717) is 13.1 Å². The second-order valence-corrected chi connectivity index (χ2v) is 9.38. The van der Waals surface area contributed by atoms with Crippen LogP contribution in [0.25, 0.3) is 0 Å². The Hall–Kier alpha value is -0.210. The topological polar surface area (TPSA) is 59.1 Å². The molecule has 0 amide bonds. The van der Waals surface area contributed by atoms with E-state index in [-0.39, 0.29) is 17.6 Å². The highest BCUT2D eigenvalue weighted by Crippen LogP contribution is 2.23. The summed E-state index contributed by atoms with van der Waals surface area (Å²) in [6, 6.07) is 0. The van der Waals surface area contributed by atoms with Gasteiger partial charge in [0.05, 0.1) is 31.7 Å². The second kappa shape index (κ2) is 8.76. The highest BCUT2D eigenvalue weighted by molar-refractivity contribution is 7.88. The van der Waals surface area contributed by atoms with Gasteiger partial charge < -0.3 is 9.47 Å². The van der Waals surface area contributed by atoms with Crippen molar-refractivity contribution in [3.05, 3.63) is 0 Å². The molecule has 6 nitrogen and oxygen atoms in total. The molecule has 0 aromatic heterocycles. The van der Waals surface area contributed by atoms with Gasteiger partial charge in [-0.1, -0.05) is 27.7 Å². The molecule has 0 aromatic carbocycles. The minimum absolute atomic E-state index is 0.0192. The van der Waals surface area contributed by atoms with Gasteiger partial charge in [-0.05, 0) is 12.3 Å². The van der Waals surface area contributed by atoms with Crippen LogP contribution in [0.2, 0.25) is 0 Å². The van der Waals surface area contributed by atoms with Crippen LogP contribution in [-0.2, 0) is 19.5 Å². The normalized spacial score (nSPS) is 20.7. The standard InChI is InChI=1S/C16H34N2O4S/c1-7-18(23(6,19)20)13-15(22-14(2)16(3,4)5)12-17-8-10-21-11-9-17/h14-15H,7-13H2,1-6H3. The predicted octanol–water partition coefficient (Wildman–Crippen LogP) is 1.42. The summed E-state index contributed by atoms with van der Waals surface area (Å²) in [5.74, 6) is 0. The lowest BCUT2D eigenvalue weighted by atomic mass is 9.90. The van der Waals surface area contributed by atoms with E-state index >= 15 is 0 Å². The van der Waals surface area contributed by atoms with Gasteiger partial charge in [0.1, 0.15) is 0 Å². The number of hydrogen-bond donors (Lipinski definition) is 0. The first-order valence-corrected chi connectivity index (χ1v) is 10.3. The molecule has 1 fully saturated rings. The van der Waals surface area contributed by atoms with Gasteiger partial charge in [-0.3, -0.25) is 4.90 Å².